The van der Waals surface area contributed by atoms with Crippen LogP contribution in [0, 0.1) is 13.8 Å². The minimum absolute atomic E-state index is 0.0400. The van der Waals surface area contributed by atoms with Crippen LogP contribution in [0.25, 0.3) is 0 Å². The maximum Gasteiger partial charge on any atom is 0.230 e. The number of carbonyl (C=O) groups is 1. The van der Waals surface area contributed by atoms with Gasteiger partial charge < -0.3 is 5.32 Å². The van der Waals surface area contributed by atoms with Crippen LogP contribution in [0.15, 0.2) is 33.1 Å². The van der Waals surface area contributed by atoms with E-state index >= 15 is 0 Å². The van der Waals surface area contributed by atoms with Crippen LogP contribution < -0.4 is 5.32 Å². The average molecular weight is 349 g/mol. The van der Waals surface area contributed by atoms with Gasteiger partial charge >= 0.3 is 0 Å². The molecule has 0 saturated heterocycles. The van der Waals surface area contributed by atoms with Crippen LogP contribution in [0.5, 0.6) is 0 Å². The Bertz CT molecular complexity index is 476. The predicted molar refractivity (Wildman–Crippen MR) is 82.3 cm³/mol. The van der Waals surface area contributed by atoms with E-state index in [4.69, 9.17) is 11.6 Å². The highest BCUT2D eigenvalue weighted by molar-refractivity contribution is 9.10. The van der Waals surface area contributed by atoms with Crippen LogP contribution in [0.3, 0.4) is 0 Å². The number of hydrogen-bond donors (Lipinski definition) is 1. The minimum Gasteiger partial charge on any atom is -0.350 e. The van der Waals surface area contributed by atoms with Crippen molar-refractivity contribution in [2.24, 2.45) is 0 Å². The van der Waals surface area contributed by atoms with Crippen molar-refractivity contribution in [2.45, 2.75) is 18.7 Å². The summed E-state index contributed by atoms with van der Waals surface area (Å²) >= 11 is 10.6. The minimum atomic E-state index is -0.0400. The molecule has 0 atom stereocenters. The van der Waals surface area contributed by atoms with Gasteiger partial charge in [-0.05, 0) is 37.1 Å². The standard InChI is InChI=1S/C13H15BrClNOS/c1-8-5-12(9(2)4-11(8)14)18-7-13(17)16-6-10(3)15/h4-5H,3,6-7H2,1-2H3,(H,16,17). The molecule has 0 saturated carbocycles. The van der Waals surface area contributed by atoms with E-state index in [-0.39, 0.29) is 5.91 Å². The molecule has 0 fully saturated rings. The van der Waals surface area contributed by atoms with Crippen molar-refractivity contribution in [3.05, 3.63) is 39.3 Å². The molecule has 0 aromatic heterocycles. The van der Waals surface area contributed by atoms with Gasteiger partial charge in [0.15, 0.2) is 0 Å². The maximum atomic E-state index is 11.5. The third-order valence-corrected chi connectivity index (χ3v) is 4.44. The maximum absolute atomic E-state index is 11.5. The van der Waals surface area contributed by atoms with Crippen molar-refractivity contribution in [1.29, 1.82) is 0 Å². The lowest BCUT2D eigenvalue weighted by molar-refractivity contribution is -0.118. The molecule has 1 rings (SSSR count). The second-order valence-corrected chi connectivity index (χ2v) is 6.36. The lowest BCUT2D eigenvalue weighted by atomic mass is 10.2. The first-order valence-electron chi connectivity index (χ1n) is 5.39. The molecule has 1 N–H and O–H groups in total. The lowest BCUT2D eigenvalue weighted by Crippen LogP contribution is -2.26. The molecule has 0 aliphatic heterocycles. The van der Waals surface area contributed by atoms with Gasteiger partial charge in [-0.3, -0.25) is 4.79 Å². The Morgan fingerprint density at radius 3 is 2.72 bits per heavy atom. The fourth-order valence-electron chi connectivity index (χ4n) is 1.30. The highest BCUT2D eigenvalue weighted by Crippen LogP contribution is 2.28. The molecule has 0 unspecified atom stereocenters. The number of nitrogens with one attached hydrogen (secondary N) is 1. The summed E-state index contributed by atoms with van der Waals surface area (Å²) < 4.78 is 1.09. The summed E-state index contributed by atoms with van der Waals surface area (Å²) in [6, 6.07) is 4.15. The first kappa shape index (κ1) is 15.6. The number of hydrogen-bond acceptors (Lipinski definition) is 2. The Morgan fingerprint density at radius 1 is 1.44 bits per heavy atom. The summed E-state index contributed by atoms with van der Waals surface area (Å²) in [4.78, 5) is 12.7. The van der Waals surface area contributed by atoms with Crippen molar-refractivity contribution in [2.75, 3.05) is 12.3 Å². The van der Waals surface area contributed by atoms with Gasteiger partial charge in [0, 0.05) is 14.4 Å². The molecule has 1 aromatic carbocycles. The molecule has 0 bridgehead atoms. The van der Waals surface area contributed by atoms with Gasteiger partial charge in [-0.25, -0.2) is 0 Å². The molecule has 5 heteroatoms. The van der Waals surface area contributed by atoms with Crippen LogP contribution >= 0.6 is 39.3 Å². The van der Waals surface area contributed by atoms with Crippen molar-refractivity contribution in [1.82, 2.24) is 5.32 Å². The highest BCUT2D eigenvalue weighted by atomic mass is 79.9. The number of amides is 1. The topological polar surface area (TPSA) is 29.1 Å². The number of rotatable bonds is 5. The average Bonchev–Trinajstić information content (AvgIpc) is 2.29. The number of aryl methyl sites for hydroxylation is 2. The third kappa shape index (κ3) is 5.04. The fraction of sp³-hybridized carbons (Fsp3) is 0.308. The van der Waals surface area contributed by atoms with Gasteiger partial charge in [-0.2, -0.15) is 0 Å². The van der Waals surface area contributed by atoms with Gasteiger partial charge in [0.25, 0.3) is 0 Å². The molecule has 18 heavy (non-hydrogen) atoms. The Labute approximate surface area is 125 Å². The Hall–Kier alpha value is -0.450. The first-order valence-corrected chi connectivity index (χ1v) is 7.55. The molecule has 1 amide bonds. The second kappa shape index (κ2) is 7.22. The van der Waals surface area contributed by atoms with Crippen LogP contribution in [0.4, 0.5) is 0 Å². The molecule has 0 aliphatic rings. The van der Waals surface area contributed by atoms with E-state index < -0.39 is 0 Å². The second-order valence-electron chi connectivity index (χ2n) is 3.95. The Balaban J connectivity index is 2.56. The van der Waals surface area contributed by atoms with E-state index in [1.165, 1.54) is 11.8 Å². The molecule has 2 nitrogen and oxygen atoms in total. The quantitative estimate of drug-likeness (QED) is 0.814. The molecule has 0 radical (unpaired) electrons. The monoisotopic (exact) mass is 347 g/mol. The summed E-state index contributed by atoms with van der Waals surface area (Å²) in [6.07, 6.45) is 0. The van der Waals surface area contributed by atoms with Crippen molar-refractivity contribution in [3.63, 3.8) is 0 Å². The zero-order valence-corrected chi connectivity index (χ0v) is 13.5. The summed E-state index contributed by atoms with van der Waals surface area (Å²) in [5.41, 5.74) is 2.32. The normalized spacial score (nSPS) is 10.2. The summed E-state index contributed by atoms with van der Waals surface area (Å²) in [7, 11) is 0. The van der Waals surface area contributed by atoms with E-state index in [1.807, 2.05) is 13.8 Å². The van der Waals surface area contributed by atoms with Gasteiger partial charge in [0.05, 0.1) is 12.3 Å². The zero-order chi connectivity index (χ0) is 13.7. The molecule has 1 aromatic rings. The Kier molecular flexibility index (Phi) is 6.26. The smallest absolute Gasteiger partial charge is 0.230 e. The molecule has 0 aliphatic carbocycles. The predicted octanol–water partition coefficient (Wildman–Crippen LogP) is 4.03. The van der Waals surface area contributed by atoms with E-state index in [0.717, 1.165) is 20.5 Å². The number of carbonyl (C=O) groups excluding carboxylic acids is 1. The highest BCUT2D eigenvalue weighted by Gasteiger charge is 2.07. The van der Waals surface area contributed by atoms with Gasteiger partial charge in [-0.15, -0.1) is 11.8 Å². The van der Waals surface area contributed by atoms with Gasteiger partial charge in [0.1, 0.15) is 0 Å². The molecule has 98 valence electrons. The first-order chi connectivity index (χ1) is 8.40. The summed E-state index contributed by atoms with van der Waals surface area (Å²) in [5, 5.41) is 3.13. The third-order valence-electron chi connectivity index (χ3n) is 2.29. The van der Waals surface area contributed by atoms with E-state index in [1.54, 1.807) is 0 Å². The number of benzene rings is 1. The molecular weight excluding hydrogens is 334 g/mol. The van der Waals surface area contributed by atoms with Crippen LogP contribution in [-0.4, -0.2) is 18.2 Å². The van der Waals surface area contributed by atoms with E-state index in [0.29, 0.717) is 17.3 Å². The molecule has 0 heterocycles. The number of thioether (sulfide) groups is 1. The van der Waals surface area contributed by atoms with Gasteiger partial charge in [-0.1, -0.05) is 34.1 Å². The fourth-order valence-corrected chi connectivity index (χ4v) is 2.76. The summed E-state index contributed by atoms with van der Waals surface area (Å²) in [5.74, 6) is 0.341. The van der Waals surface area contributed by atoms with Crippen LogP contribution in [0.2, 0.25) is 0 Å². The zero-order valence-electron chi connectivity index (χ0n) is 10.3. The SMILES string of the molecule is C=C(Cl)CNC(=O)CSc1cc(C)c(Br)cc1C. The summed E-state index contributed by atoms with van der Waals surface area (Å²) in [6.45, 7) is 7.90. The Morgan fingerprint density at radius 2 is 2.11 bits per heavy atom. The van der Waals surface area contributed by atoms with Crippen molar-refractivity contribution < 1.29 is 4.79 Å². The molecular formula is C13H15BrClNOS. The van der Waals surface area contributed by atoms with Crippen molar-refractivity contribution in [3.8, 4) is 0 Å². The molecule has 0 spiro atoms. The number of halogens is 2. The van der Waals surface area contributed by atoms with Gasteiger partial charge in [0.2, 0.25) is 5.91 Å². The van der Waals surface area contributed by atoms with Crippen LogP contribution in [-0.2, 0) is 4.79 Å². The lowest BCUT2D eigenvalue weighted by Gasteiger charge is -2.09. The van der Waals surface area contributed by atoms with Crippen molar-refractivity contribution >= 4 is 45.2 Å². The van der Waals surface area contributed by atoms with Crippen LogP contribution in [0.1, 0.15) is 11.1 Å². The van der Waals surface area contributed by atoms with E-state index in [2.05, 4.69) is 40.0 Å². The van der Waals surface area contributed by atoms with E-state index in [9.17, 15) is 4.79 Å². The largest absolute Gasteiger partial charge is 0.350 e.